The Morgan fingerprint density at radius 2 is 1.93 bits per heavy atom. The molecule has 0 spiro atoms. The number of amides is 1. The third kappa shape index (κ3) is 4.82. The highest BCUT2D eigenvalue weighted by Gasteiger charge is 2.12. The van der Waals surface area contributed by atoms with Gasteiger partial charge in [-0.15, -0.1) is 0 Å². The molecule has 0 fully saturated rings. The van der Waals surface area contributed by atoms with Crippen LogP contribution in [0.4, 0.5) is 11.6 Å². The van der Waals surface area contributed by atoms with Crippen molar-refractivity contribution in [2.45, 2.75) is 20.4 Å². The SMILES string of the molecule is COc1cccc(CNc2ncc(C(=O)Nc3cccc(C)c3)c(C)n2)c1. The van der Waals surface area contributed by atoms with Gasteiger partial charge in [-0.25, -0.2) is 9.97 Å². The first-order valence-electron chi connectivity index (χ1n) is 8.63. The molecule has 1 amide bonds. The summed E-state index contributed by atoms with van der Waals surface area (Å²) in [6.45, 7) is 4.34. The first-order valence-corrected chi connectivity index (χ1v) is 8.63. The van der Waals surface area contributed by atoms with Gasteiger partial charge in [0.05, 0.1) is 18.4 Å². The van der Waals surface area contributed by atoms with Crippen molar-refractivity contribution in [1.29, 1.82) is 0 Å². The quantitative estimate of drug-likeness (QED) is 0.694. The molecule has 6 nitrogen and oxygen atoms in total. The van der Waals surface area contributed by atoms with Crippen molar-refractivity contribution >= 4 is 17.5 Å². The minimum Gasteiger partial charge on any atom is -0.497 e. The maximum Gasteiger partial charge on any atom is 0.259 e. The van der Waals surface area contributed by atoms with Gasteiger partial charge >= 0.3 is 0 Å². The first-order chi connectivity index (χ1) is 13.0. The molecule has 6 heteroatoms. The lowest BCUT2D eigenvalue weighted by Crippen LogP contribution is -2.15. The van der Waals surface area contributed by atoms with Gasteiger partial charge in [0.2, 0.25) is 5.95 Å². The lowest BCUT2D eigenvalue weighted by molar-refractivity contribution is 0.102. The van der Waals surface area contributed by atoms with Gasteiger partial charge in [0, 0.05) is 18.4 Å². The maximum absolute atomic E-state index is 12.5. The second-order valence-corrected chi connectivity index (χ2v) is 6.22. The van der Waals surface area contributed by atoms with Crippen LogP contribution in [-0.4, -0.2) is 23.0 Å². The highest BCUT2D eigenvalue weighted by molar-refractivity contribution is 6.04. The van der Waals surface area contributed by atoms with E-state index < -0.39 is 0 Å². The van der Waals surface area contributed by atoms with Gasteiger partial charge in [-0.2, -0.15) is 0 Å². The summed E-state index contributed by atoms with van der Waals surface area (Å²) in [5.74, 6) is 1.05. The fraction of sp³-hybridized carbons (Fsp3) is 0.190. The Labute approximate surface area is 158 Å². The summed E-state index contributed by atoms with van der Waals surface area (Å²) in [6.07, 6.45) is 1.54. The number of carbonyl (C=O) groups is 1. The maximum atomic E-state index is 12.5. The second-order valence-electron chi connectivity index (χ2n) is 6.22. The number of aryl methyl sites for hydroxylation is 2. The molecular formula is C21H22N4O2. The molecule has 0 bridgehead atoms. The molecule has 0 saturated carbocycles. The predicted octanol–water partition coefficient (Wildman–Crippen LogP) is 3.97. The molecule has 3 aromatic rings. The monoisotopic (exact) mass is 362 g/mol. The Morgan fingerprint density at radius 1 is 1.11 bits per heavy atom. The summed E-state index contributed by atoms with van der Waals surface area (Å²) in [7, 11) is 1.64. The second kappa shape index (κ2) is 8.31. The molecule has 0 aliphatic rings. The molecule has 0 aliphatic heterocycles. The van der Waals surface area contributed by atoms with Crippen molar-refractivity contribution < 1.29 is 9.53 Å². The smallest absolute Gasteiger partial charge is 0.259 e. The predicted molar refractivity (Wildman–Crippen MR) is 106 cm³/mol. The Balaban J connectivity index is 1.66. The summed E-state index contributed by atoms with van der Waals surface area (Å²) in [6, 6.07) is 15.4. The number of hydrogen-bond donors (Lipinski definition) is 2. The van der Waals surface area contributed by atoms with E-state index in [2.05, 4.69) is 20.6 Å². The van der Waals surface area contributed by atoms with Crippen LogP contribution in [0.5, 0.6) is 5.75 Å². The van der Waals surface area contributed by atoms with E-state index in [0.717, 1.165) is 22.6 Å². The van der Waals surface area contributed by atoms with E-state index in [4.69, 9.17) is 4.74 Å². The average Bonchev–Trinajstić information content (AvgIpc) is 2.66. The average molecular weight is 362 g/mol. The number of benzene rings is 2. The molecule has 0 atom stereocenters. The van der Waals surface area contributed by atoms with E-state index in [1.54, 1.807) is 20.2 Å². The largest absolute Gasteiger partial charge is 0.497 e. The highest BCUT2D eigenvalue weighted by Crippen LogP contribution is 2.15. The summed E-state index contributed by atoms with van der Waals surface area (Å²) >= 11 is 0. The third-order valence-corrected chi connectivity index (χ3v) is 4.08. The molecule has 0 radical (unpaired) electrons. The van der Waals surface area contributed by atoms with Gasteiger partial charge in [-0.3, -0.25) is 4.79 Å². The third-order valence-electron chi connectivity index (χ3n) is 4.08. The Morgan fingerprint density at radius 3 is 2.67 bits per heavy atom. The zero-order valence-corrected chi connectivity index (χ0v) is 15.6. The van der Waals surface area contributed by atoms with Crippen molar-refractivity contribution in [3.8, 4) is 5.75 Å². The van der Waals surface area contributed by atoms with Crippen molar-refractivity contribution in [1.82, 2.24) is 9.97 Å². The molecule has 1 heterocycles. The van der Waals surface area contributed by atoms with Crippen molar-refractivity contribution in [2.24, 2.45) is 0 Å². The Kier molecular flexibility index (Phi) is 5.66. The summed E-state index contributed by atoms with van der Waals surface area (Å²) in [5, 5.41) is 6.04. The molecular weight excluding hydrogens is 340 g/mol. The number of hydrogen-bond acceptors (Lipinski definition) is 5. The van der Waals surface area contributed by atoms with Gasteiger partial charge in [0.25, 0.3) is 5.91 Å². The van der Waals surface area contributed by atoms with E-state index in [0.29, 0.717) is 23.8 Å². The van der Waals surface area contributed by atoms with E-state index in [9.17, 15) is 4.79 Å². The van der Waals surface area contributed by atoms with Crippen LogP contribution in [0.1, 0.15) is 27.2 Å². The Bertz CT molecular complexity index is 956. The number of aromatic nitrogens is 2. The highest BCUT2D eigenvalue weighted by atomic mass is 16.5. The number of nitrogens with zero attached hydrogens (tertiary/aromatic N) is 2. The van der Waals surface area contributed by atoms with Crippen LogP contribution in [-0.2, 0) is 6.54 Å². The van der Waals surface area contributed by atoms with Gasteiger partial charge in [0.15, 0.2) is 0 Å². The van der Waals surface area contributed by atoms with E-state index in [1.165, 1.54) is 0 Å². The van der Waals surface area contributed by atoms with Gasteiger partial charge in [-0.05, 0) is 49.2 Å². The van der Waals surface area contributed by atoms with Gasteiger partial charge < -0.3 is 15.4 Å². The lowest BCUT2D eigenvalue weighted by atomic mass is 10.2. The van der Waals surface area contributed by atoms with E-state index >= 15 is 0 Å². The molecule has 2 N–H and O–H groups in total. The number of nitrogens with one attached hydrogen (secondary N) is 2. The number of anilines is 2. The zero-order chi connectivity index (χ0) is 19.2. The molecule has 0 aliphatic carbocycles. The minimum atomic E-state index is -0.225. The van der Waals surface area contributed by atoms with Crippen molar-refractivity contribution in [3.05, 3.63) is 77.1 Å². The number of methoxy groups -OCH3 is 1. The number of ether oxygens (including phenoxy) is 1. The van der Waals surface area contributed by atoms with Crippen LogP contribution in [0.15, 0.2) is 54.7 Å². The van der Waals surface area contributed by atoms with Crippen LogP contribution in [0.2, 0.25) is 0 Å². The van der Waals surface area contributed by atoms with Crippen LogP contribution in [0, 0.1) is 13.8 Å². The van der Waals surface area contributed by atoms with Crippen LogP contribution in [0.25, 0.3) is 0 Å². The molecule has 0 saturated heterocycles. The molecule has 3 rings (SSSR count). The lowest BCUT2D eigenvalue weighted by Gasteiger charge is -2.10. The number of rotatable bonds is 6. The molecule has 1 aromatic heterocycles. The Hall–Kier alpha value is -3.41. The fourth-order valence-electron chi connectivity index (χ4n) is 2.66. The number of carbonyl (C=O) groups excluding carboxylic acids is 1. The van der Waals surface area contributed by atoms with Gasteiger partial charge in [0.1, 0.15) is 5.75 Å². The summed E-state index contributed by atoms with van der Waals surface area (Å²) < 4.78 is 5.22. The standard InChI is InChI=1S/C21H22N4O2/c1-14-6-4-8-17(10-14)25-20(26)19-13-23-21(24-15(19)2)22-12-16-7-5-9-18(11-16)27-3/h4-11,13H,12H2,1-3H3,(H,25,26)(H,22,23,24). The molecule has 0 unspecified atom stereocenters. The van der Waals surface area contributed by atoms with Crippen LogP contribution >= 0.6 is 0 Å². The topological polar surface area (TPSA) is 76.1 Å². The van der Waals surface area contributed by atoms with Gasteiger partial charge in [-0.1, -0.05) is 24.3 Å². The molecule has 27 heavy (non-hydrogen) atoms. The molecule has 138 valence electrons. The van der Waals surface area contributed by atoms with Crippen LogP contribution in [0.3, 0.4) is 0 Å². The summed E-state index contributed by atoms with van der Waals surface area (Å²) in [4.78, 5) is 21.1. The fourth-order valence-corrected chi connectivity index (χ4v) is 2.66. The van der Waals surface area contributed by atoms with Crippen molar-refractivity contribution in [3.63, 3.8) is 0 Å². The van der Waals surface area contributed by atoms with E-state index in [-0.39, 0.29) is 5.91 Å². The zero-order valence-electron chi connectivity index (χ0n) is 15.6. The van der Waals surface area contributed by atoms with Crippen LogP contribution < -0.4 is 15.4 Å². The first kappa shape index (κ1) is 18.4. The van der Waals surface area contributed by atoms with E-state index in [1.807, 2.05) is 55.5 Å². The molecule has 2 aromatic carbocycles. The summed E-state index contributed by atoms with van der Waals surface area (Å²) in [5.41, 5.74) is 3.95. The van der Waals surface area contributed by atoms with Crippen molar-refractivity contribution in [2.75, 3.05) is 17.7 Å². The minimum absolute atomic E-state index is 0.225. The normalized spacial score (nSPS) is 10.3.